The quantitative estimate of drug-likeness (QED) is 0.848. The number of nitrogens with one attached hydrogen (secondary N) is 1. The summed E-state index contributed by atoms with van der Waals surface area (Å²) in [5.74, 6) is 0.699. The Morgan fingerprint density at radius 3 is 2.75 bits per heavy atom. The monoisotopic (exact) mass is 221 g/mol. The van der Waals surface area contributed by atoms with E-state index in [4.69, 9.17) is 4.74 Å². The molecule has 1 amide bonds. The number of carbonyl (C=O) groups is 1. The van der Waals surface area contributed by atoms with Crippen LogP contribution in [0, 0.1) is 6.92 Å². The Bertz CT molecular complexity index is 374. The SMILES string of the molecule is CC[C@@H](C)NC(=O)c1ccc(C)c(OC)c1. The van der Waals surface area contributed by atoms with E-state index in [0.29, 0.717) is 5.56 Å². The number of hydrogen-bond acceptors (Lipinski definition) is 2. The van der Waals surface area contributed by atoms with Crippen molar-refractivity contribution in [2.24, 2.45) is 0 Å². The molecule has 0 unspecified atom stereocenters. The highest BCUT2D eigenvalue weighted by Crippen LogP contribution is 2.18. The summed E-state index contributed by atoms with van der Waals surface area (Å²) >= 11 is 0. The van der Waals surface area contributed by atoms with Gasteiger partial charge in [-0.2, -0.15) is 0 Å². The van der Waals surface area contributed by atoms with Crippen molar-refractivity contribution in [2.75, 3.05) is 7.11 Å². The molecule has 0 aliphatic rings. The molecule has 0 spiro atoms. The molecule has 1 N–H and O–H groups in total. The summed E-state index contributed by atoms with van der Waals surface area (Å²) in [5.41, 5.74) is 1.67. The van der Waals surface area contributed by atoms with Crippen LogP contribution in [0.2, 0.25) is 0 Å². The van der Waals surface area contributed by atoms with Crippen LogP contribution in [0.4, 0.5) is 0 Å². The average Bonchev–Trinajstić information content (AvgIpc) is 2.29. The maximum atomic E-state index is 11.8. The molecule has 0 aromatic heterocycles. The van der Waals surface area contributed by atoms with Gasteiger partial charge in [-0.3, -0.25) is 4.79 Å². The van der Waals surface area contributed by atoms with Crippen LogP contribution in [0.5, 0.6) is 5.75 Å². The second-order valence-corrected chi connectivity index (χ2v) is 3.97. The Morgan fingerprint density at radius 1 is 1.50 bits per heavy atom. The number of carbonyl (C=O) groups excluding carboxylic acids is 1. The fourth-order valence-electron chi connectivity index (χ4n) is 1.37. The molecule has 3 nitrogen and oxygen atoms in total. The molecule has 1 atom stereocenters. The van der Waals surface area contributed by atoms with Gasteiger partial charge in [0, 0.05) is 11.6 Å². The lowest BCUT2D eigenvalue weighted by atomic mass is 10.1. The highest BCUT2D eigenvalue weighted by Gasteiger charge is 2.10. The minimum atomic E-state index is -0.0485. The first-order chi connectivity index (χ1) is 7.58. The fraction of sp³-hybridized carbons (Fsp3) is 0.462. The van der Waals surface area contributed by atoms with Gasteiger partial charge in [-0.25, -0.2) is 0 Å². The lowest BCUT2D eigenvalue weighted by molar-refractivity contribution is 0.0939. The summed E-state index contributed by atoms with van der Waals surface area (Å²) in [6.45, 7) is 5.99. The first-order valence-corrected chi connectivity index (χ1v) is 5.54. The van der Waals surface area contributed by atoms with Crippen LogP contribution in [-0.4, -0.2) is 19.1 Å². The molecule has 1 aromatic carbocycles. The third kappa shape index (κ3) is 2.99. The van der Waals surface area contributed by atoms with E-state index in [2.05, 4.69) is 5.32 Å². The lowest BCUT2D eigenvalue weighted by Gasteiger charge is -2.12. The molecular formula is C13H19NO2. The summed E-state index contributed by atoms with van der Waals surface area (Å²) < 4.78 is 5.19. The molecule has 1 aromatic rings. The van der Waals surface area contributed by atoms with Gasteiger partial charge < -0.3 is 10.1 Å². The van der Waals surface area contributed by atoms with E-state index in [1.54, 1.807) is 13.2 Å². The summed E-state index contributed by atoms with van der Waals surface area (Å²) in [6.07, 6.45) is 0.925. The molecular weight excluding hydrogens is 202 g/mol. The van der Waals surface area contributed by atoms with Gasteiger partial charge in [0.2, 0.25) is 0 Å². The molecule has 0 bridgehead atoms. The average molecular weight is 221 g/mol. The topological polar surface area (TPSA) is 38.3 Å². The van der Waals surface area contributed by atoms with Crippen molar-refractivity contribution < 1.29 is 9.53 Å². The summed E-state index contributed by atoms with van der Waals surface area (Å²) in [4.78, 5) is 11.8. The van der Waals surface area contributed by atoms with E-state index in [1.165, 1.54) is 0 Å². The van der Waals surface area contributed by atoms with Crippen molar-refractivity contribution in [3.63, 3.8) is 0 Å². The van der Waals surface area contributed by atoms with Crippen molar-refractivity contribution in [3.05, 3.63) is 29.3 Å². The molecule has 3 heteroatoms. The van der Waals surface area contributed by atoms with Gasteiger partial charge >= 0.3 is 0 Å². The van der Waals surface area contributed by atoms with E-state index in [-0.39, 0.29) is 11.9 Å². The van der Waals surface area contributed by atoms with Gasteiger partial charge in [-0.15, -0.1) is 0 Å². The number of hydrogen-bond donors (Lipinski definition) is 1. The first kappa shape index (κ1) is 12.6. The van der Waals surface area contributed by atoms with Crippen LogP contribution in [0.3, 0.4) is 0 Å². The Labute approximate surface area is 96.8 Å². The van der Waals surface area contributed by atoms with Crippen LogP contribution < -0.4 is 10.1 Å². The summed E-state index contributed by atoms with van der Waals surface area (Å²) in [7, 11) is 1.61. The lowest BCUT2D eigenvalue weighted by Crippen LogP contribution is -2.31. The maximum Gasteiger partial charge on any atom is 0.251 e. The first-order valence-electron chi connectivity index (χ1n) is 5.54. The normalized spacial score (nSPS) is 12.0. The van der Waals surface area contributed by atoms with Gasteiger partial charge in [0.05, 0.1) is 7.11 Å². The number of benzene rings is 1. The minimum absolute atomic E-state index is 0.0485. The van der Waals surface area contributed by atoms with Gasteiger partial charge in [0.1, 0.15) is 5.75 Å². The van der Waals surface area contributed by atoms with Crippen molar-refractivity contribution in [1.29, 1.82) is 0 Å². The summed E-state index contributed by atoms with van der Waals surface area (Å²) in [5, 5.41) is 2.92. The molecule has 0 radical (unpaired) electrons. The van der Waals surface area contributed by atoms with Crippen molar-refractivity contribution in [3.8, 4) is 5.75 Å². The number of aryl methyl sites for hydroxylation is 1. The highest BCUT2D eigenvalue weighted by atomic mass is 16.5. The molecule has 88 valence electrons. The Morgan fingerprint density at radius 2 is 2.19 bits per heavy atom. The molecule has 0 fully saturated rings. The predicted octanol–water partition coefficient (Wildman–Crippen LogP) is 2.53. The Hall–Kier alpha value is -1.51. The van der Waals surface area contributed by atoms with Gasteiger partial charge in [0.15, 0.2) is 0 Å². The minimum Gasteiger partial charge on any atom is -0.496 e. The predicted molar refractivity (Wildman–Crippen MR) is 65.0 cm³/mol. The number of amides is 1. The second-order valence-electron chi connectivity index (χ2n) is 3.97. The smallest absolute Gasteiger partial charge is 0.251 e. The zero-order valence-electron chi connectivity index (χ0n) is 10.3. The standard InChI is InChI=1S/C13H19NO2/c1-5-10(3)14-13(15)11-7-6-9(2)12(8-11)16-4/h6-8,10H,5H2,1-4H3,(H,14,15)/t10-/m1/s1. The zero-order valence-corrected chi connectivity index (χ0v) is 10.3. The van der Waals surface area contributed by atoms with Crippen LogP contribution in [0.1, 0.15) is 36.2 Å². The van der Waals surface area contributed by atoms with E-state index in [1.807, 2.05) is 32.9 Å². The second kappa shape index (κ2) is 5.54. The number of ether oxygens (including phenoxy) is 1. The van der Waals surface area contributed by atoms with Crippen molar-refractivity contribution >= 4 is 5.91 Å². The molecule has 16 heavy (non-hydrogen) atoms. The van der Waals surface area contributed by atoms with Crippen molar-refractivity contribution in [1.82, 2.24) is 5.32 Å². The molecule has 0 heterocycles. The van der Waals surface area contributed by atoms with E-state index >= 15 is 0 Å². The Kier molecular flexibility index (Phi) is 4.35. The van der Waals surface area contributed by atoms with E-state index < -0.39 is 0 Å². The van der Waals surface area contributed by atoms with E-state index in [0.717, 1.165) is 17.7 Å². The summed E-state index contributed by atoms with van der Waals surface area (Å²) in [6, 6.07) is 5.67. The van der Waals surface area contributed by atoms with Crippen LogP contribution >= 0.6 is 0 Å². The van der Waals surface area contributed by atoms with Gasteiger partial charge in [0.25, 0.3) is 5.91 Å². The molecule has 0 aliphatic carbocycles. The van der Waals surface area contributed by atoms with Crippen molar-refractivity contribution in [2.45, 2.75) is 33.2 Å². The molecule has 0 saturated heterocycles. The zero-order chi connectivity index (χ0) is 12.1. The van der Waals surface area contributed by atoms with Gasteiger partial charge in [-0.05, 0) is 38.0 Å². The van der Waals surface area contributed by atoms with E-state index in [9.17, 15) is 4.79 Å². The molecule has 1 rings (SSSR count). The van der Waals surface area contributed by atoms with Crippen LogP contribution in [-0.2, 0) is 0 Å². The van der Waals surface area contributed by atoms with Crippen LogP contribution in [0.15, 0.2) is 18.2 Å². The number of rotatable bonds is 4. The fourth-order valence-corrected chi connectivity index (χ4v) is 1.37. The Balaban J connectivity index is 2.84. The highest BCUT2D eigenvalue weighted by molar-refractivity contribution is 5.94. The molecule has 0 saturated carbocycles. The van der Waals surface area contributed by atoms with Crippen LogP contribution in [0.25, 0.3) is 0 Å². The van der Waals surface area contributed by atoms with Gasteiger partial charge in [-0.1, -0.05) is 13.0 Å². The molecule has 0 aliphatic heterocycles. The largest absolute Gasteiger partial charge is 0.496 e. The third-order valence-corrected chi connectivity index (χ3v) is 2.66. The number of methoxy groups -OCH3 is 1. The third-order valence-electron chi connectivity index (χ3n) is 2.66. The maximum absolute atomic E-state index is 11.8.